The Balaban J connectivity index is 2.09. The molecule has 2 rings (SSSR count). The molecule has 0 unspecified atom stereocenters. The van der Waals surface area contributed by atoms with Crippen molar-refractivity contribution in [1.29, 1.82) is 5.26 Å². The summed E-state index contributed by atoms with van der Waals surface area (Å²) in [6, 6.07) is 16.6. The molecule has 0 heterocycles. The molecule has 2 nitrogen and oxygen atoms in total. The summed E-state index contributed by atoms with van der Waals surface area (Å²) >= 11 is 5.79. The van der Waals surface area contributed by atoms with E-state index in [1.54, 1.807) is 18.2 Å². The van der Waals surface area contributed by atoms with Gasteiger partial charge in [0, 0.05) is 11.1 Å². The molecule has 0 aromatic heterocycles. The van der Waals surface area contributed by atoms with Gasteiger partial charge in [-0.3, -0.25) is 0 Å². The molecule has 0 aliphatic rings. The highest BCUT2D eigenvalue weighted by atomic mass is 35.5. The largest absolute Gasteiger partial charge is 0.457 e. The highest BCUT2D eigenvalue weighted by Crippen LogP contribution is 2.23. The van der Waals surface area contributed by atoms with E-state index in [4.69, 9.17) is 21.6 Å². The van der Waals surface area contributed by atoms with Crippen molar-refractivity contribution < 1.29 is 4.74 Å². The van der Waals surface area contributed by atoms with Crippen LogP contribution in [0, 0.1) is 11.3 Å². The summed E-state index contributed by atoms with van der Waals surface area (Å²) in [4.78, 5) is 0. The highest BCUT2D eigenvalue weighted by Gasteiger charge is 1.97. The number of rotatable bonds is 3. The number of hydrogen-bond donors (Lipinski definition) is 0. The van der Waals surface area contributed by atoms with Crippen molar-refractivity contribution in [1.82, 2.24) is 0 Å². The van der Waals surface area contributed by atoms with Crippen LogP contribution in [0.3, 0.4) is 0 Å². The van der Waals surface area contributed by atoms with E-state index in [2.05, 4.69) is 0 Å². The molecule has 2 aromatic carbocycles. The van der Waals surface area contributed by atoms with Gasteiger partial charge in [-0.25, -0.2) is 0 Å². The maximum Gasteiger partial charge on any atom is 0.127 e. The van der Waals surface area contributed by atoms with Gasteiger partial charge in [-0.15, -0.1) is 0 Å². The molecule has 0 aliphatic carbocycles. The lowest BCUT2D eigenvalue weighted by Gasteiger charge is -2.05. The van der Waals surface area contributed by atoms with Crippen molar-refractivity contribution in [2.45, 2.75) is 0 Å². The van der Waals surface area contributed by atoms with Crippen LogP contribution in [0.15, 0.2) is 54.6 Å². The Labute approximate surface area is 111 Å². The molecule has 0 aliphatic heterocycles. The Hall–Kier alpha value is -2.24. The molecular weight excluding hydrogens is 246 g/mol. The van der Waals surface area contributed by atoms with Gasteiger partial charge < -0.3 is 4.74 Å². The van der Waals surface area contributed by atoms with Gasteiger partial charge in [0.05, 0.1) is 6.07 Å². The molecule has 3 heteroatoms. The topological polar surface area (TPSA) is 33.0 Å². The van der Waals surface area contributed by atoms with E-state index in [9.17, 15) is 0 Å². The lowest BCUT2D eigenvalue weighted by atomic mass is 10.2. The van der Waals surface area contributed by atoms with Gasteiger partial charge in [0.15, 0.2) is 0 Å². The van der Waals surface area contributed by atoms with Crippen molar-refractivity contribution in [2.75, 3.05) is 0 Å². The van der Waals surface area contributed by atoms with Gasteiger partial charge in [-0.2, -0.15) is 5.26 Å². The van der Waals surface area contributed by atoms with Gasteiger partial charge in [-0.1, -0.05) is 23.7 Å². The molecule has 2 aromatic rings. The van der Waals surface area contributed by atoms with Gasteiger partial charge >= 0.3 is 0 Å². The first-order chi connectivity index (χ1) is 8.78. The van der Waals surface area contributed by atoms with Crippen LogP contribution in [-0.2, 0) is 0 Å². The molecule has 0 saturated heterocycles. The Morgan fingerprint density at radius 2 is 1.50 bits per heavy atom. The quantitative estimate of drug-likeness (QED) is 0.747. The van der Waals surface area contributed by atoms with Crippen LogP contribution in [0.4, 0.5) is 0 Å². The van der Waals surface area contributed by atoms with Crippen molar-refractivity contribution >= 4 is 17.7 Å². The lowest BCUT2D eigenvalue weighted by molar-refractivity contribution is 0.482. The maximum atomic E-state index is 8.43. The Morgan fingerprint density at radius 1 is 0.944 bits per heavy atom. The number of benzene rings is 2. The predicted molar refractivity (Wildman–Crippen MR) is 72.6 cm³/mol. The van der Waals surface area contributed by atoms with Crippen LogP contribution < -0.4 is 4.74 Å². The van der Waals surface area contributed by atoms with Gasteiger partial charge in [-0.05, 0) is 48.0 Å². The maximum absolute atomic E-state index is 8.43. The average Bonchev–Trinajstić information content (AvgIpc) is 2.41. The summed E-state index contributed by atoms with van der Waals surface area (Å²) in [5.74, 6) is 1.48. The summed E-state index contributed by atoms with van der Waals surface area (Å²) in [6.07, 6.45) is 3.18. The van der Waals surface area contributed by atoms with Crippen molar-refractivity contribution in [3.63, 3.8) is 0 Å². The molecule has 0 saturated carbocycles. The highest BCUT2D eigenvalue weighted by molar-refractivity contribution is 6.30. The summed E-state index contributed by atoms with van der Waals surface area (Å²) in [7, 11) is 0. The van der Waals surface area contributed by atoms with Crippen LogP contribution in [-0.4, -0.2) is 0 Å². The van der Waals surface area contributed by atoms with Gasteiger partial charge in [0.1, 0.15) is 11.5 Å². The zero-order valence-corrected chi connectivity index (χ0v) is 10.3. The molecule has 0 radical (unpaired) electrons. The summed E-state index contributed by atoms with van der Waals surface area (Å²) in [5.41, 5.74) is 0.958. The zero-order chi connectivity index (χ0) is 12.8. The van der Waals surface area contributed by atoms with Crippen LogP contribution in [0.2, 0.25) is 5.02 Å². The first-order valence-corrected chi connectivity index (χ1v) is 5.75. The van der Waals surface area contributed by atoms with Crippen molar-refractivity contribution in [3.8, 4) is 17.6 Å². The second-order valence-corrected chi connectivity index (χ2v) is 4.02. The first-order valence-electron chi connectivity index (χ1n) is 5.37. The number of nitriles is 1. The van der Waals surface area contributed by atoms with Crippen molar-refractivity contribution in [2.24, 2.45) is 0 Å². The van der Waals surface area contributed by atoms with E-state index in [0.717, 1.165) is 17.1 Å². The molecule has 0 bridgehead atoms. The third-order valence-electron chi connectivity index (χ3n) is 2.28. The van der Waals surface area contributed by atoms with E-state index in [0.29, 0.717) is 5.02 Å². The van der Waals surface area contributed by atoms with E-state index >= 15 is 0 Å². The molecule has 0 spiro atoms. The first kappa shape index (κ1) is 12.2. The second kappa shape index (κ2) is 5.90. The number of ether oxygens (including phenoxy) is 1. The van der Waals surface area contributed by atoms with Crippen LogP contribution in [0.5, 0.6) is 11.5 Å². The lowest BCUT2D eigenvalue weighted by Crippen LogP contribution is -1.83. The molecule has 0 amide bonds. The normalized spacial score (nSPS) is 10.2. The van der Waals surface area contributed by atoms with Crippen LogP contribution in [0.1, 0.15) is 5.56 Å². The monoisotopic (exact) mass is 255 g/mol. The molecule has 88 valence electrons. The predicted octanol–water partition coefficient (Wildman–Crippen LogP) is 4.67. The van der Waals surface area contributed by atoms with Gasteiger partial charge in [0.25, 0.3) is 0 Å². The Morgan fingerprint density at radius 3 is 2.06 bits per heavy atom. The summed E-state index contributed by atoms with van der Waals surface area (Å²) in [5, 5.41) is 9.11. The fraction of sp³-hybridized carbons (Fsp3) is 0. The minimum absolute atomic E-state index is 0.680. The second-order valence-electron chi connectivity index (χ2n) is 3.59. The number of halogens is 1. The fourth-order valence-electron chi connectivity index (χ4n) is 1.42. The third-order valence-corrected chi connectivity index (χ3v) is 2.53. The zero-order valence-electron chi connectivity index (χ0n) is 9.51. The Bertz CT molecular complexity index is 579. The van der Waals surface area contributed by atoms with E-state index in [1.165, 1.54) is 6.08 Å². The average molecular weight is 256 g/mol. The third kappa shape index (κ3) is 3.38. The van der Waals surface area contributed by atoms with E-state index < -0.39 is 0 Å². The van der Waals surface area contributed by atoms with Gasteiger partial charge in [0.2, 0.25) is 0 Å². The summed E-state index contributed by atoms with van der Waals surface area (Å²) in [6.45, 7) is 0. The van der Waals surface area contributed by atoms with E-state index in [-0.39, 0.29) is 0 Å². The Kier molecular flexibility index (Phi) is 4.01. The smallest absolute Gasteiger partial charge is 0.127 e. The molecule has 18 heavy (non-hydrogen) atoms. The standard InChI is InChI=1S/C15H10ClNO/c16-13-5-9-15(10-6-13)18-14-7-3-12(4-8-14)2-1-11-17/h1-10H. The van der Waals surface area contributed by atoms with E-state index in [1.807, 2.05) is 42.5 Å². The number of hydrogen-bond acceptors (Lipinski definition) is 2. The number of nitrogens with zero attached hydrogens (tertiary/aromatic N) is 1. The number of allylic oxidation sites excluding steroid dienone is 1. The SMILES string of the molecule is N#CC=Cc1ccc(Oc2ccc(Cl)cc2)cc1. The minimum Gasteiger partial charge on any atom is -0.457 e. The van der Waals surface area contributed by atoms with Crippen LogP contribution in [0.25, 0.3) is 6.08 Å². The molecule has 0 N–H and O–H groups in total. The fourth-order valence-corrected chi connectivity index (χ4v) is 1.55. The summed E-state index contributed by atoms with van der Waals surface area (Å²) < 4.78 is 5.65. The molecule has 0 fully saturated rings. The molecule has 0 atom stereocenters. The minimum atomic E-state index is 0.680. The van der Waals surface area contributed by atoms with Crippen LogP contribution >= 0.6 is 11.6 Å². The molecular formula is C15H10ClNO. The van der Waals surface area contributed by atoms with Crippen molar-refractivity contribution in [3.05, 3.63) is 65.2 Å².